The van der Waals surface area contributed by atoms with Crippen molar-refractivity contribution >= 4 is 22.9 Å². The topological polar surface area (TPSA) is 77.3 Å². The van der Waals surface area contributed by atoms with E-state index in [1.807, 2.05) is 16.5 Å². The van der Waals surface area contributed by atoms with Gasteiger partial charge in [0.25, 0.3) is 0 Å². The van der Waals surface area contributed by atoms with E-state index in [0.29, 0.717) is 19.6 Å². The summed E-state index contributed by atoms with van der Waals surface area (Å²) in [6, 6.07) is 10.8. The van der Waals surface area contributed by atoms with E-state index >= 15 is 0 Å². The molecule has 0 radical (unpaired) electrons. The van der Waals surface area contributed by atoms with Gasteiger partial charge < -0.3 is 9.64 Å². The summed E-state index contributed by atoms with van der Waals surface area (Å²) in [5.41, 5.74) is 7.64. The Morgan fingerprint density at radius 2 is 1.76 bits per heavy atom. The highest BCUT2D eigenvalue weighted by Gasteiger charge is 2.26. The van der Waals surface area contributed by atoms with E-state index in [2.05, 4.69) is 47.6 Å². The number of rotatable bonds is 3. The summed E-state index contributed by atoms with van der Waals surface area (Å²) < 4.78 is 7.40. The standard InChI is InChI=1S/C31H40N4O3/c1-3-38-30(37)20-27-24-13-12-23-16-18-34(21-25(23)19-24)29(36)11-9-7-5-4-6-8-10-17-35-28-15-14-26(27)22(2)31(28)32-33-35/h12-15,19,27H,3-11,16-18,20-21H2,1-2H3. The van der Waals surface area contributed by atoms with Gasteiger partial charge in [-0.2, -0.15) is 0 Å². The molecule has 0 spiro atoms. The van der Waals surface area contributed by atoms with E-state index in [-0.39, 0.29) is 24.2 Å². The van der Waals surface area contributed by atoms with Gasteiger partial charge >= 0.3 is 5.97 Å². The van der Waals surface area contributed by atoms with Gasteiger partial charge in [-0.3, -0.25) is 9.59 Å². The van der Waals surface area contributed by atoms with Crippen LogP contribution in [-0.2, 0) is 33.8 Å². The van der Waals surface area contributed by atoms with E-state index in [0.717, 1.165) is 66.5 Å². The first-order valence-corrected chi connectivity index (χ1v) is 14.4. The second-order valence-electron chi connectivity index (χ2n) is 10.8. The molecule has 1 atom stereocenters. The number of fused-ring (bicyclic) bond motifs is 10. The summed E-state index contributed by atoms with van der Waals surface area (Å²) in [7, 11) is 0. The first-order chi connectivity index (χ1) is 18.5. The van der Waals surface area contributed by atoms with Crippen LogP contribution >= 0.6 is 0 Å². The van der Waals surface area contributed by atoms with Crippen LogP contribution in [0.3, 0.4) is 0 Å². The summed E-state index contributed by atoms with van der Waals surface area (Å²) in [6.45, 7) is 6.57. The molecular formula is C31H40N4O3. The predicted octanol–water partition coefficient (Wildman–Crippen LogP) is 5.84. The second kappa shape index (κ2) is 12.1. The Labute approximate surface area is 225 Å². The Balaban J connectivity index is 1.54. The maximum absolute atomic E-state index is 13.0. The van der Waals surface area contributed by atoms with Crippen molar-refractivity contribution in [3.63, 3.8) is 0 Å². The maximum Gasteiger partial charge on any atom is 0.306 e. The van der Waals surface area contributed by atoms with Crippen LogP contribution in [0.2, 0.25) is 0 Å². The molecule has 7 heteroatoms. The van der Waals surface area contributed by atoms with Gasteiger partial charge in [-0.25, -0.2) is 4.68 Å². The minimum Gasteiger partial charge on any atom is -0.466 e. The number of hydrogen-bond acceptors (Lipinski definition) is 5. The first-order valence-electron chi connectivity index (χ1n) is 14.4. The van der Waals surface area contributed by atoms with Crippen molar-refractivity contribution in [3.8, 4) is 0 Å². The normalized spacial score (nSPS) is 19.2. The fourth-order valence-electron chi connectivity index (χ4n) is 6.11. The molecule has 6 rings (SSSR count). The number of nitrogens with zero attached hydrogens (tertiary/aromatic N) is 4. The average molecular weight is 517 g/mol. The number of aryl methyl sites for hydroxylation is 2. The van der Waals surface area contributed by atoms with Crippen LogP contribution in [0.15, 0.2) is 30.3 Å². The lowest BCUT2D eigenvalue weighted by molar-refractivity contribution is -0.143. The molecule has 0 N–H and O–H groups in total. The molecule has 3 aliphatic rings. The number of hydrogen-bond donors (Lipinski definition) is 0. The molecule has 0 saturated heterocycles. The van der Waals surface area contributed by atoms with Crippen molar-refractivity contribution in [2.45, 2.75) is 97.1 Å². The highest BCUT2D eigenvalue weighted by molar-refractivity contribution is 5.81. The number of carbonyl (C=O) groups is 2. The third-order valence-electron chi connectivity index (χ3n) is 8.29. The van der Waals surface area contributed by atoms with Crippen LogP contribution < -0.4 is 0 Å². The van der Waals surface area contributed by atoms with E-state index in [1.165, 1.54) is 36.8 Å². The molecule has 0 aliphatic carbocycles. The number of aromatic nitrogens is 3. The monoisotopic (exact) mass is 516 g/mol. The zero-order valence-electron chi connectivity index (χ0n) is 22.9. The Bertz CT molecular complexity index is 1300. The third kappa shape index (κ3) is 5.77. The van der Waals surface area contributed by atoms with Crippen molar-refractivity contribution in [3.05, 3.63) is 58.1 Å². The lowest BCUT2D eigenvalue weighted by Crippen LogP contribution is -2.35. The molecule has 1 unspecified atom stereocenters. The Kier molecular flexibility index (Phi) is 8.40. The Morgan fingerprint density at radius 1 is 0.974 bits per heavy atom. The second-order valence-corrected chi connectivity index (χ2v) is 10.8. The highest BCUT2D eigenvalue weighted by Crippen LogP contribution is 2.35. The van der Waals surface area contributed by atoms with Crippen LogP contribution in [-0.4, -0.2) is 44.9 Å². The quantitative estimate of drug-likeness (QED) is 0.409. The molecule has 3 aliphatic heterocycles. The Hall–Kier alpha value is -3.22. The highest BCUT2D eigenvalue weighted by atomic mass is 16.5. The summed E-state index contributed by atoms with van der Waals surface area (Å²) in [5.74, 6) is -0.103. The molecule has 38 heavy (non-hydrogen) atoms. The van der Waals surface area contributed by atoms with Gasteiger partial charge in [0, 0.05) is 32.0 Å². The molecule has 4 heterocycles. The van der Waals surface area contributed by atoms with Crippen molar-refractivity contribution in [1.82, 2.24) is 19.9 Å². The fraction of sp³-hybridized carbons (Fsp3) is 0.548. The molecule has 2 aromatic carbocycles. The van der Waals surface area contributed by atoms with Gasteiger partial charge in [-0.15, -0.1) is 5.10 Å². The van der Waals surface area contributed by atoms with Crippen LogP contribution in [0.4, 0.5) is 0 Å². The van der Waals surface area contributed by atoms with Gasteiger partial charge in [-0.05, 0) is 67.0 Å². The molecule has 1 amide bonds. The number of ether oxygens (including phenoxy) is 1. The van der Waals surface area contributed by atoms with E-state index in [1.54, 1.807) is 0 Å². The summed E-state index contributed by atoms with van der Waals surface area (Å²) in [6.07, 6.45) is 9.72. The van der Waals surface area contributed by atoms with E-state index in [9.17, 15) is 9.59 Å². The minimum atomic E-state index is -0.208. The van der Waals surface area contributed by atoms with Gasteiger partial charge in [-0.1, -0.05) is 61.6 Å². The van der Waals surface area contributed by atoms with Gasteiger partial charge in [0.15, 0.2) is 0 Å². The van der Waals surface area contributed by atoms with Crippen LogP contribution in [0.1, 0.15) is 98.4 Å². The van der Waals surface area contributed by atoms with Crippen LogP contribution in [0.25, 0.3) is 11.0 Å². The summed E-state index contributed by atoms with van der Waals surface area (Å²) >= 11 is 0. The molecule has 1 aromatic heterocycles. The average Bonchev–Trinajstić information content (AvgIpc) is 3.34. The summed E-state index contributed by atoms with van der Waals surface area (Å²) in [5, 5.41) is 9.04. The smallest absolute Gasteiger partial charge is 0.306 e. The third-order valence-corrected chi connectivity index (χ3v) is 8.29. The molecule has 7 bridgehead atoms. The molecular weight excluding hydrogens is 476 g/mol. The molecule has 202 valence electrons. The number of benzene rings is 2. The fourth-order valence-corrected chi connectivity index (χ4v) is 6.11. The van der Waals surface area contributed by atoms with Gasteiger partial charge in [0.2, 0.25) is 5.91 Å². The zero-order chi connectivity index (χ0) is 26.5. The van der Waals surface area contributed by atoms with Gasteiger partial charge in [0.05, 0.1) is 18.5 Å². The minimum absolute atomic E-state index is 0.158. The van der Waals surface area contributed by atoms with Crippen LogP contribution in [0.5, 0.6) is 0 Å². The number of amides is 1. The predicted molar refractivity (Wildman–Crippen MR) is 148 cm³/mol. The molecule has 7 nitrogen and oxygen atoms in total. The lowest BCUT2D eigenvalue weighted by Gasteiger charge is -2.30. The molecule has 0 fully saturated rings. The number of carbonyl (C=O) groups excluding carboxylic acids is 2. The summed E-state index contributed by atoms with van der Waals surface area (Å²) in [4.78, 5) is 27.8. The van der Waals surface area contributed by atoms with Crippen molar-refractivity contribution in [2.24, 2.45) is 0 Å². The first kappa shape index (κ1) is 26.4. The molecule has 0 saturated carbocycles. The SMILES string of the molecule is CCOC(=O)CC1c2ccc3c(c2)CN(CC3)C(=O)CCCCCCCCCn2nnc3c(C)c1ccc32. The van der Waals surface area contributed by atoms with Crippen LogP contribution in [0, 0.1) is 6.92 Å². The number of esters is 1. The van der Waals surface area contributed by atoms with E-state index in [4.69, 9.17) is 4.74 Å². The van der Waals surface area contributed by atoms with E-state index < -0.39 is 0 Å². The molecule has 3 aromatic rings. The lowest BCUT2D eigenvalue weighted by atomic mass is 9.83. The maximum atomic E-state index is 13.0. The zero-order valence-corrected chi connectivity index (χ0v) is 22.9. The van der Waals surface area contributed by atoms with Crippen molar-refractivity contribution < 1.29 is 14.3 Å². The van der Waals surface area contributed by atoms with Gasteiger partial charge in [0.1, 0.15) is 5.52 Å². The largest absolute Gasteiger partial charge is 0.466 e. The Morgan fingerprint density at radius 3 is 2.58 bits per heavy atom. The van der Waals surface area contributed by atoms with Crippen molar-refractivity contribution in [2.75, 3.05) is 13.2 Å². The van der Waals surface area contributed by atoms with Crippen molar-refractivity contribution in [1.29, 1.82) is 0 Å².